The van der Waals surface area contributed by atoms with Crippen LogP contribution in [0.3, 0.4) is 0 Å². The Kier molecular flexibility index (Phi) is 5.80. The van der Waals surface area contributed by atoms with Crippen molar-refractivity contribution >= 4 is 28.5 Å². The van der Waals surface area contributed by atoms with Crippen molar-refractivity contribution in [3.05, 3.63) is 53.6 Å². The molecule has 7 heteroatoms. The van der Waals surface area contributed by atoms with Gasteiger partial charge in [-0.15, -0.1) is 5.10 Å². The number of nitrogens with zero attached hydrogens (tertiary/aromatic N) is 3. The largest absolute Gasteiger partial charge is 0.356 e. The van der Waals surface area contributed by atoms with Crippen LogP contribution in [0.5, 0.6) is 0 Å². The number of carbonyl (C=O) groups excluding carboxylic acids is 2. The smallest absolute Gasteiger partial charge is 0.233 e. The molecule has 1 aromatic heterocycles. The molecule has 1 heterocycles. The van der Waals surface area contributed by atoms with E-state index in [2.05, 4.69) is 20.9 Å². The number of carbonyl (C=O) groups is 2. The maximum atomic E-state index is 12.1. The highest BCUT2D eigenvalue weighted by molar-refractivity contribution is 6.03. The second-order valence-electron chi connectivity index (χ2n) is 6.48. The summed E-state index contributed by atoms with van der Waals surface area (Å²) in [6, 6.07) is 13.4. The number of aromatic nitrogens is 3. The quantitative estimate of drug-likeness (QED) is 0.497. The van der Waals surface area contributed by atoms with E-state index in [1.165, 1.54) is 0 Å². The van der Waals surface area contributed by atoms with Gasteiger partial charge in [-0.3, -0.25) is 9.59 Å². The second-order valence-corrected chi connectivity index (χ2v) is 6.48. The predicted molar refractivity (Wildman–Crippen MR) is 104 cm³/mol. The third kappa shape index (κ3) is 4.69. The SMILES string of the molecule is Cc1cccc(NC(=O)CC(=O)NCCCn2nnc3ccccc32)c1C. The van der Waals surface area contributed by atoms with Gasteiger partial charge in [0, 0.05) is 18.8 Å². The number of aryl methyl sites for hydroxylation is 2. The van der Waals surface area contributed by atoms with Gasteiger partial charge < -0.3 is 10.6 Å². The van der Waals surface area contributed by atoms with Crippen molar-refractivity contribution in [3.63, 3.8) is 0 Å². The van der Waals surface area contributed by atoms with Crippen molar-refractivity contribution in [2.24, 2.45) is 0 Å². The first-order valence-corrected chi connectivity index (χ1v) is 8.95. The van der Waals surface area contributed by atoms with Crippen molar-refractivity contribution in [1.82, 2.24) is 20.3 Å². The number of para-hydroxylation sites is 1. The molecular formula is C20H23N5O2. The maximum absolute atomic E-state index is 12.1. The molecule has 0 aliphatic carbocycles. The molecule has 2 aromatic carbocycles. The van der Waals surface area contributed by atoms with Gasteiger partial charge in [0.15, 0.2) is 0 Å². The summed E-state index contributed by atoms with van der Waals surface area (Å²) in [6.07, 6.45) is 0.511. The summed E-state index contributed by atoms with van der Waals surface area (Å²) in [6.45, 7) is 5.05. The van der Waals surface area contributed by atoms with Crippen LogP contribution in [0.2, 0.25) is 0 Å². The molecule has 0 atom stereocenters. The molecule has 0 saturated carbocycles. The van der Waals surface area contributed by atoms with Gasteiger partial charge in [-0.1, -0.05) is 29.5 Å². The summed E-state index contributed by atoms with van der Waals surface area (Å²) in [5.74, 6) is -0.607. The summed E-state index contributed by atoms with van der Waals surface area (Å²) in [5.41, 5.74) is 4.66. The third-order valence-corrected chi connectivity index (χ3v) is 4.49. The Morgan fingerprint density at radius 3 is 2.70 bits per heavy atom. The molecule has 0 spiro atoms. The van der Waals surface area contributed by atoms with E-state index in [-0.39, 0.29) is 18.2 Å². The second kappa shape index (κ2) is 8.44. The van der Waals surface area contributed by atoms with Gasteiger partial charge in [0.25, 0.3) is 0 Å². The first-order chi connectivity index (χ1) is 13.0. The number of anilines is 1. The van der Waals surface area contributed by atoms with E-state index in [1.54, 1.807) is 0 Å². The first-order valence-electron chi connectivity index (χ1n) is 8.95. The van der Waals surface area contributed by atoms with E-state index in [0.717, 1.165) is 27.8 Å². The summed E-state index contributed by atoms with van der Waals surface area (Å²) >= 11 is 0. The zero-order chi connectivity index (χ0) is 19.2. The summed E-state index contributed by atoms with van der Waals surface area (Å²) in [7, 11) is 0. The number of benzene rings is 2. The molecule has 140 valence electrons. The molecular weight excluding hydrogens is 342 g/mol. The predicted octanol–water partition coefficient (Wildman–Crippen LogP) is 2.58. The van der Waals surface area contributed by atoms with Crippen LogP contribution < -0.4 is 10.6 Å². The van der Waals surface area contributed by atoms with Crippen molar-refractivity contribution in [2.75, 3.05) is 11.9 Å². The fourth-order valence-corrected chi connectivity index (χ4v) is 2.83. The van der Waals surface area contributed by atoms with Crippen LogP contribution in [0.15, 0.2) is 42.5 Å². The molecule has 0 bridgehead atoms. The lowest BCUT2D eigenvalue weighted by molar-refractivity contribution is -0.126. The highest BCUT2D eigenvalue weighted by Crippen LogP contribution is 2.18. The van der Waals surface area contributed by atoms with Crippen molar-refractivity contribution in [1.29, 1.82) is 0 Å². The van der Waals surface area contributed by atoms with E-state index < -0.39 is 0 Å². The van der Waals surface area contributed by atoms with Crippen LogP contribution in [0.25, 0.3) is 11.0 Å². The minimum atomic E-state index is -0.316. The van der Waals surface area contributed by atoms with Crippen molar-refractivity contribution in [2.45, 2.75) is 33.2 Å². The molecule has 3 aromatic rings. The Labute approximate surface area is 157 Å². The fourth-order valence-electron chi connectivity index (χ4n) is 2.83. The zero-order valence-corrected chi connectivity index (χ0v) is 15.5. The van der Waals surface area contributed by atoms with Gasteiger partial charge in [-0.05, 0) is 49.6 Å². The minimum Gasteiger partial charge on any atom is -0.356 e. The molecule has 2 amide bonds. The number of hydrogen-bond acceptors (Lipinski definition) is 4. The Morgan fingerprint density at radius 1 is 1.04 bits per heavy atom. The van der Waals surface area contributed by atoms with E-state index in [4.69, 9.17) is 0 Å². The number of rotatable bonds is 7. The normalized spacial score (nSPS) is 10.7. The van der Waals surface area contributed by atoms with Gasteiger partial charge in [-0.25, -0.2) is 4.68 Å². The highest BCUT2D eigenvalue weighted by Gasteiger charge is 2.11. The Hall–Kier alpha value is -3.22. The summed E-state index contributed by atoms with van der Waals surface area (Å²) in [4.78, 5) is 24.0. The molecule has 0 aliphatic heterocycles. The lowest BCUT2D eigenvalue weighted by Crippen LogP contribution is -2.29. The van der Waals surface area contributed by atoms with E-state index in [1.807, 2.05) is 61.0 Å². The molecule has 0 fully saturated rings. The lowest BCUT2D eigenvalue weighted by atomic mass is 10.1. The molecule has 27 heavy (non-hydrogen) atoms. The van der Waals surface area contributed by atoms with Crippen LogP contribution in [0.4, 0.5) is 5.69 Å². The van der Waals surface area contributed by atoms with Gasteiger partial charge in [-0.2, -0.15) is 0 Å². The topological polar surface area (TPSA) is 88.9 Å². The first kappa shape index (κ1) is 18.6. The number of fused-ring (bicyclic) bond motifs is 1. The molecule has 0 aliphatic rings. The Balaban J connectivity index is 1.41. The Morgan fingerprint density at radius 2 is 1.85 bits per heavy atom. The van der Waals surface area contributed by atoms with Crippen LogP contribution in [-0.2, 0) is 16.1 Å². The van der Waals surface area contributed by atoms with E-state index >= 15 is 0 Å². The molecule has 7 nitrogen and oxygen atoms in total. The van der Waals surface area contributed by atoms with Gasteiger partial charge in [0.1, 0.15) is 11.9 Å². The summed E-state index contributed by atoms with van der Waals surface area (Å²) in [5, 5.41) is 13.8. The van der Waals surface area contributed by atoms with Gasteiger partial charge in [0.2, 0.25) is 11.8 Å². The van der Waals surface area contributed by atoms with Crippen LogP contribution in [0.1, 0.15) is 24.0 Å². The number of nitrogens with one attached hydrogen (secondary N) is 2. The zero-order valence-electron chi connectivity index (χ0n) is 15.5. The monoisotopic (exact) mass is 365 g/mol. The number of amides is 2. The molecule has 0 saturated heterocycles. The average molecular weight is 365 g/mol. The van der Waals surface area contributed by atoms with Crippen LogP contribution >= 0.6 is 0 Å². The lowest BCUT2D eigenvalue weighted by Gasteiger charge is -2.10. The maximum Gasteiger partial charge on any atom is 0.233 e. The fraction of sp³-hybridized carbons (Fsp3) is 0.300. The summed E-state index contributed by atoms with van der Waals surface area (Å²) < 4.78 is 1.81. The Bertz CT molecular complexity index is 964. The molecule has 0 unspecified atom stereocenters. The van der Waals surface area contributed by atoms with Crippen LogP contribution in [0, 0.1) is 13.8 Å². The minimum absolute atomic E-state index is 0.195. The molecule has 0 radical (unpaired) electrons. The van der Waals surface area contributed by atoms with Crippen LogP contribution in [-0.4, -0.2) is 33.4 Å². The molecule has 2 N–H and O–H groups in total. The van der Waals surface area contributed by atoms with Crippen molar-refractivity contribution < 1.29 is 9.59 Å². The third-order valence-electron chi connectivity index (χ3n) is 4.49. The average Bonchev–Trinajstić information content (AvgIpc) is 3.06. The van der Waals surface area contributed by atoms with Crippen molar-refractivity contribution in [3.8, 4) is 0 Å². The van der Waals surface area contributed by atoms with Gasteiger partial charge in [0.05, 0.1) is 5.52 Å². The number of hydrogen-bond donors (Lipinski definition) is 2. The van der Waals surface area contributed by atoms with E-state index in [9.17, 15) is 9.59 Å². The molecule has 3 rings (SSSR count). The standard InChI is InChI=1S/C20H23N5O2/c1-14-7-5-9-16(15(14)2)22-20(27)13-19(26)21-11-6-12-25-18-10-4-3-8-17(18)23-24-25/h3-5,7-10H,6,11-13H2,1-2H3,(H,21,26)(H,22,27). The van der Waals surface area contributed by atoms with E-state index in [0.29, 0.717) is 19.5 Å². The highest BCUT2D eigenvalue weighted by atomic mass is 16.2. The van der Waals surface area contributed by atoms with Gasteiger partial charge >= 0.3 is 0 Å².